The second-order valence-corrected chi connectivity index (χ2v) is 18.4. The molecule has 0 saturated carbocycles. The molecule has 7 aromatic carbocycles. The first-order chi connectivity index (χ1) is 38.0. The predicted molar refractivity (Wildman–Crippen MR) is 304 cm³/mol. The molecule has 7 rings (SSSR count). The van der Waals surface area contributed by atoms with Gasteiger partial charge in [-0.1, -0.05) is 170 Å². The quantitative estimate of drug-likeness (QED) is 0.0179. The fraction of sp³-hybridized carbons (Fsp3) is 0.188. The number of nitrogens with two attached hydrogens (primary N) is 2. The molecule has 394 valence electrons. The van der Waals surface area contributed by atoms with Crippen LogP contribution in [-0.2, 0) is 44.9 Å². The molecule has 0 aliphatic rings. The van der Waals surface area contributed by atoms with E-state index >= 15 is 0 Å². The number of nitrogens with zero attached hydrogens (tertiary/aromatic N) is 2. The molecule has 0 aromatic heterocycles. The van der Waals surface area contributed by atoms with Crippen LogP contribution in [0.3, 0.4) is 0 Å². The maximum atomic E-state index is 13.4. The molecule has 0 unspecified atom stereocenters. The van der Waals surface area contributed by atoms with Crippen molar-refractivity contribution in [2.24, 2.45) is 11.5 Å². The number of amides is 4. The van der Waals surface area contributed by atoms with Crippen molar-refractivity contribution in [2.45, 2.75) is 49.9 Å². The van der Waals surface area contributed by atoms with E-state index in [0.717, 1.165) is 33.4 Å². The van der Waals surface area contributed by atoms with Crippen molar-refractivity contribution < 1.29 is 28.7 Å². The van der Waals surface area contributed by atoms with Crippen LogP contribution in [0.5, 0.6) is 11.5 Å². The topological polar surface area (TPSA) is 234 Å². The van der Waals surface area contributed by atoms with E-state index < -0.39 is 36.0 Å². The van der Waals surface area contributed by atoms with Crippen molar-refractivity contribution in [3.8, 4) is 23.6 Å². The van der Waals surface area contributed by atoms with Gasteiger partial charge in [0.15, 0.2) is 0 Å². The van der Waals surface area contributed by atoms with Crippen LogP contribution < -0.4 is 42.2 Å². The Kier molecular flexibility index (Phi) is 21.2. The Morgan fingerprint density at radius 3 is 1.04 bits per heavy atom. The maximum Gasteiger partial charge on any atom is 0.243 e. The van der Waals surface area contributed by atoms with Crippen LogP contribution in [-0.4, -0.2) is 74.1 Å². The van der Waals surface area contributed by atoms with Gasteiger partial charge in [0.2, 0.25) is 23.6 Å². The average molecular weight is 1040 g/mol. The molecular weight excluding hydrogens is 977 g/mol. The summed E-state index contributed by atoms with van der Waals surface area (Å²) in [6, 6.07) is 60.6. The highest BCUT2D eigenvalue weighted by molar-refractivity contribution is 5.93. The molecule has 0 aliphatic carbocycles. The smallest absolute Gasteiger partial charge is 0.243 e. The van der Waals surface area contributed by atoms with Crippen LogP contribution in [0.25, 0.3) is 23.3 Å². The highest BCUT2D eigenvalue weighted by Crippen LogP contribution is 2.25. The molecule has 0 spiro atoms. The lowest BCUT2D eigenvalue weighted by Crippen LogP contribution is -2.53. The van der Waals surface area contributed by atoms with Gasteiger partial charge in [-0.25, -0.2) is 0 Å². The molecule has 14 heteroatoms. The number of hydrogen-bond donors (Lipinski definition) is 6. The third-order valence-corrected chi connectivity index (χ3v) is 12.6. The minimum atomic E-state index is -0.843. The molecule has 0 bridgehead atoms. The van der Waals surface area contributed by atoms with Gasteiger partial charge in [-0.05, 0) is 93.8 Å². The van der Waals surface area contributed by atoms with Crippen LogP contribution in [0, 0.1) is 22.7 Å². The lowest BCUT2D eigenvalue weighted by atomic mass is 9.99. The lowest BCUT2D eigenvalue weighted by molar-refractivity contribution is -0.129. The molecule has 14 nitrogen and oxygen atoms in total. The summed E-state index contributed by atoms with van der Waals surface area (Å²) in [7, 11) is 0. The average Bonchev–Trinajstić information content (AvgIpc) is 3.47. The van der Waals surface area contributed by atoms with E-state index in [2.05, 4.69) is 33.4 Å². The third-order valence-electron chi connectivity index (χ3n) is 12.6. The summed E-state index contributed by atoms with van der Waals surface area (Å²) in [6.45, 7) is 0.727. The van der Waals surface area contributed by atoms with Gasteiger partial charge in [0.05, 0.1) is 48.5 Å². The van der Waals surface area contributed by atoms with E-state index in [9.17, 15) is 29.7 Å². The summed E-state index contributed by atoms with van der Waals surface area (Å²) in [5.74, 6) is -0.404. The highest BCUT2D eigenvalue weighted by atomic mass is 16.5. The van der Waals surface area contributed by atoms with Crippen molar-refractivity contribution in [2.75, 3.05) is 26.3 Å². The van der Waals surface area contributed by atoms with Crippen molar-refractivity contribution in [3.05, 3.63) is 239 Å². The van der Waals surface area contributed by atoms with Crippen LogP contribution in [0.15, 0.2) is 194 Å². The first-order valence-corrected chi connectivity index (χ1v) is 25.7. The highest BCUT2D eigenvalue weighted by Gasteiger charge is 2.26. The fourth-order valence-corrected chi connectivity index (χ4v) is 8.37. The molecule has 4 atom stereocenters. The number of nitrogens with one attached hydrogen (secondary N) is 4. The van der Waals surface area contributed by atoms with Crippen LogP contribution in [0.1, 0.15) is 44.5 Å². The van der Waals surface area contributed by atoms with E-state index in [4.69, 9.17) is 20.9 Å². The first kappa shape index (κ1) is 56.1. The van der Waals surface area contributed by atoms with Crippen molar-refractivity contribution in [3.63, 3.8) is 0 Å². The number of ether oxygens (including phenoxy) is 2. The standard InChI is InChI=1S/C64H62N8O6/c65-43-53(37-49-21-29-55(30-22-49)77-35-33-69-63(75)59(41-47-17-9-3-10-18-47)71-61(73)57(67)39-45-13-5-1-6-14-45)51-25-27-52(28-26-51)54(44-66)38-50-23-31-56(32-24-50)78-36-34-70-64(76)60(42-48-19-11-4-12-20-48)72-62(74)58(68)40-46-15-7-2-8-16-46/h1-32,37-38,57-60H,33-36,39-42,67-68H2,(H,69,75)(H,70,76)(H,71,73)(H,72,74)/b53-37-,54-38-/t57-,58-,59-,60-/m0/s1. The van der Waals surface area contributed by atoms with Gasteiger partial charge in [-0.2, -0.15) is 10.5 Å². The molecule has 0 radical (unpaired) electrons. The number of carbonyl (C=O) groups excluding carboxylic acids is 4. The van der Waals surface area contributed by atoms with Gasteiger partial charge >= 0.3 is 0 Å². The van der Waals surface area contributed by atoms with Gasteiger partial charge in [0.25, 0.3) is 0 Å². The van der Waals surface area contributed by atoms with Gasteiger partial charge < -0.3 is 42.2 Å². The second kappa shape index (κ2) is 29.5. The minimum absolute atomic E-state index is 0.173. The van der Waals surface area contributed by atoms with Crippen LogP contribution in [0.2, 0.25) is 0 Å². The summed E-state index contributed by atoms with van der Waals surface area (Å²) < 4.78 is 11.8. The number of allylic oxidation sites excluding steroid dienone is 2. The largest absolute Gasteiger partial charge is 0.492 e. The van der Waals surface area contributed by atoms with Crippen molar-refractivity contribution in [1.29, 1.82) is 10.5 Å². The molecule has 0 saturated heterocycles. The zero-order valence-electron chi connectivity index (χ0n) is 43.1. The normalized spacial score (nSPS) is 12.8. The summed E-state index contributed by atoms with van der Waals surface area (Å²) in [6.07, 6.45) is 4.78. The molecule has 0 heterocycles. The van der Waals surface area contributed by atoms with Crippen LogP contribution in [0.4, 0.5) is 0 Å². The number of carbonyl (C=O) groups is 4. The molecule has 8 N–H and O–H groups in total. The summed E-state index contributed by atoms with van der Waals surface area (Å²) in [5.41, 5.74) is 19.8. The Balaban J connectivity index is 0.863. The molecular formula is C64H62N8O6. The third kappa shape index (κ3) is 17.8. The van der Waals surface area contributed by atoms with E-state index in [1.165, 1.54) is 0 Å². The zero-order chi connectivity index (χ0) is 54.9. The maximum absolute atomic E-state index is 13.4. The van der Waals surface area contributed by atoms with E-state index in [0.29, 0.717) is 46.6 Å². The SMILES string of the molecule is N#C/C(=C/c1ccc(OCCNC(=O)[C@H](Cc2ccccc2)NC(=O)[C@@H](N)Cc2ccccc2)cc1)c1ccc(/C(C#N)=C\c2ccc(OCCNC(=O)[C@H](Cc3ccccc3)NC(=O)[C@@H](N)Cc3ccccc3)cc2)cc1. The van der Waals surface area contributed by atoms with Crippen molar-refractivity contribution in [1.82, 2.24) is 21.3 Å². The molecule has 0 aliphatic heterocycles. The van der Waals surface area contributed by atoms with Crippen LogP contribution >= 0.6 is 0 Å². The van der Waals surface area contributed by atoms with Gasteiger partial charge in [0.1, 0.15) is 36.8 Å². The Morgan fingerprint density at radius 1 is 0.423 bits per heavy atom. The number of hydrogen-bond acceptors (Lipinski definition) is 10. The Morgan fingerprint density at radius 2 is 0.731 bits per heavy atom. The fourth-order valence-electron chi connectivity index (χ4n) is 8.37. The summed E-state index contributed by atoms with van der Waals surface area (Å²) >= 11 is 0. The predicted octanol–water partition coefficient (Wildman–Crippen LogP) is 7.40. The van der Waals surface area contributed by atoms with Gasteiger partial charge in [-0.3, -0.25) is 19.2 Å². The van der Waals surface area contributed by atoms with Crippen molar-refractivity contribution >= 4 is 46.9 Å². The molecule has 7 aromatic rings. The first-order valence-electron chi connectivity index (χ1n) is 25.7. The van der Waals surface area contributed by atoms with E-state index in [-0.39, 0.29) is 51.0 Å². The minimum Gasteiger partial charge on any atom is -0.492 e. The summed E-state index contributed by atoms with van der Waals surface area (Å²) in [5, 5.41) is 31.7. The summed E-state index contributed by atoms with van der Waals surface area (Å²) in [4.78, 5) is 53.0. The Hall–Kier alpha value is -9.60. The van der Waals surface area contributed by atoms with Gasteiger partial charge in [0, 0.05) is 12.8 Å². The van der Waals surface area contributed by atoms with E-state index in [1.807, 2.05) is 146 Å². The number of benzene rings is 7. The number of nitriles is 2. The molecule has 4 amide bonds. The lowest BCUT2D eigenvalue weighted by Gasteiger charge is -2.21. The Labute approximate surface area is 455 Å². The van der Waals surface area contributed by atoms with E-state index in [1.54, 1.807) is 60.7 Å². The monoisotopic (exact) mass is 1040 g/mol. The molecule has 0 fully saturated rings. The zero-order valence-corrected chi connectivity index (χ0v) is 43.1. The second-order valence-electron chi connectivity index (χ2n) is 18.4. The Bertz CT molecular complexity index is 2980. The molecule has 78 heavy (non-hydrogen) atoms. The van der Waals surface area contributed by atoms with Gasteiger partial charge in [-0.15, -0.1) is 0 Å². The number of rotatable bonds is 26.